The van der Waals surface area contributed by atoms with E-state index in [1.165, 1.54) is 0 Å². The molecule has 0 aromatic heterocycles. The van der Waals surface area contributed by atoms with Crippen LogP contribution >= 0.6 is 0 Å². The molecule has 0 aliphatic rings. The molecule has 1 aromatic rings. The van der Waals surface area contributed by atoms with Gasteiger partial charge < -0.3 is 8.85 Å². The van der Waals surface area contributed by atoms with Crippen molar-refractivity contribution >= 4 is 16.6 Å². The zero-order valence-electron chi connectivity index (χ0n) is 13.1. The van der Waals surface area contributed by atoms with E-state index in [-0.39, 0.29) is 0 Å². The Hall–Kier alpha value is -1.31. The fourth-order valence-electron chi connectivity index (χ4n) is 1.18. The molecular formula is C16H22O2Si2. The number of hydrogen-bond donors (Lipinski definition) is 0. The van der Waals surface area contributed by atoms with Crippen molar-refractivity contribution in [2.24, 2.45) is 0 Å². The van der Waals surface area contributed by atoms with Crippen molar-refractivity contribution in [3.63, 3.8) is 0 Å². The van der Waals surface area contributed by atoms with Gasteiger partial charge in [0, 0.05) is 25.3 Å². The van der Waals surface area contributed by atoms with Crippen LogP contribution in [-0.2, 0) is 8.85 Å². The summed E-state index contributed by atoms with van der Waals surface area (Å²) in [5.74, 6) is 6.34. The highest BCUT2D eigenvalue weighted by Crippen LogP contribution is 2.05. The molecule has 4 heteroatoms. The van der Waals surface area contributed by atoms with Gasteiger partial charge in [-0.05, 0) is 50.5 Å². The van der Waals surface area contributed by atoms with Gasteiger partial charge in [-0.25, -0.2) is 0 Å². The summed E-state index contributed by atoms with van der Waals surface area (Å²) in [6, 6.07) is 7.99. The summed E-state index contributed by atoms with van der Waals surface area (Å²) < 4.78 is 10.8. The molecular weight excluding hydrogens is 280 g/mol. The van der Waals surface area contributed by atoms with E-state index in [0.717, 1.165) is 11.1 Å². The third-order valence-corrected chi connectivity index (χ3v) is 6.42. The summed E-state index contributed by atoms with van der Waals surface area (Å²) in [5, 5.41) is 0. The van der Waals surface area contributed by atoms with Gasteiger partial charge >= 0.3 is 0 Å². The first-order chi connectivity index (χ1) is 9.28. The topological polar surface area (TPSA) is 18.5 Å². The minimum atomic E-state index is -1.82. The quantitative estimate of drug-likeness (QED) is 0.617. The maximum Gasteiger partial charge on any atom is 0.265 e. The number of rotatable bonds is 2. The summed E-state index contributed by atoms with van der Waals surface area (Å²) in [6.07, 6.45) is 0. The first-order valence-corrected chi connectivity index (χ1v) is 12.4. The average molecular weight is 303 g/mol. The molecule has 2 nitrogen and oxygen atoms in total. The van der Waals surface area contributed by atoms with Crippen LogP contribution in [0, 0.1) is 22.9 Å². The molecule has 0 aliphatic carbocycles. The average Bonchev–Trinajstić information content (AvgIpc) is 2.44. The molecule has 0 N–H and O–H groups in total. The first kappa shape index (κ1) is 16.7. The zero-order chi connectivity index (χ0) is 15.2. The van der Waals surface area contributed by atoms with E-state index in [1.54, 1.807) is 14.2 Å². The van der Waals surface area contributed by atoms with Gasteiger partial charge in [0.25, 0.3) is 16.6 Å². The van der Waals surface area contributed by atoms with Gasteiger partial charge in [0.2, 0.25) is 0 Å². The van der Waals surface area contributed by atoms with Gasteiger partial charge in [0.15, 0.2) is 0 Å². The van der Waals surface area contributed by atoms with Crippen LogP contribution in [0.15, 0.2) is 24.3 Å². The van der Waals surface area contributed by atoms with Crippen LogP contribution in [0.4, 0.5) is 0 Å². The highest BCUT2D eigenvalue weighted by atomic mass is 28.4. The Labute approximate surface area is 124 Å². The largest absolute Gasteiger partial charge is 0.409 e. The highest BCUT2D eigenvalue weighted by Gasteiger charge is 2.17. The van der Waals surface area contributed by atoms with Crippen LogP contribution in [0.25, 0.3) is 0 Å². The fraction of sp³-hybridized carbons (Fsp3) is 0.375. The molecule has 1 rings (SSSR count). The molecule has 0 atom stereocenters. The third kappa shape index (κ3) is 5.77. The van der Waals surface area contributed by atoms with E-state index in [2.05, 4.69) is 49.1 Å². The van der Waals surface area contributed by atoms with Gasteiger partial charge in [-0.15, -0.1) is 0 Å². The molecule has 0 bridgehead atoms. The minimum Gasteiger partial charge on any atom is -0.409 e. The van der Waals surface area contributed by atoms with Crippen molar-refractivity contribution < 1.29 is 8.85 Å². The molecule has 0 amide bonds. The Kier molecular flexibility index (Phi) is 5.79. The lowest BCUT2D eigenvalue weighted by atomic mass is 10.1. The SMILES string of the molecule is CO[Si](C)(C)C#Cc1ccc(C#C[Si](C)(C)OC)cc1. The third-order valence-electron chi connectivity index (χ3n) is 2.92. The van der Waals surface area contributed by atoms with E-state index in [4.69, 9.17) is 8.85 Å². The first-order valence-electron chi connectivity index (χ1n) is 6.55. The summed E-state index contributed by atoms with van der Waals surface area (Å²) in [4.78, 5) is 0. The fourth-order valence-corrected chi connectivity index (χ4v) is 2.28. The van der Waals surface area contributed by atoms with Gasteiger partial charge in [-0.2, -0.15) is 0 Å². The highest BCUT2D eigenvalue weighted by molar-refractivity contribution is 6.79. The van der Waals surface area contributed by atoms with Gasteiger partial charge in [0.05, 0.1) is 0 Å². The molecule has 0 saturated carbocycles. The maximum absolute atomic E-state index is 5.41. The van der Waals surface area contributed by atoms with E-state index >= 15 is 0 Å². The van der Waals surface area contributed by atoms with Crippen LogP contribution in [0.2, 0.25) is 26.2 Å². The monoisotopic (exact) mass is 302 g/mol. The molecule has 0 unspecified atom stereocenters. The summed E-state index contributed by atoms with van der Waals surface area (Å²) in [5.41, 5.74) is 8.45. The van der Waals surface area contributed by atoms with Crippen molar-refractivity contribution in [3.05, 3.63) is 35.4 Å². The summed E-state index contributed by atoms with van der Waals surface area (Å²) >= 11 is 0. The normalized spacial score (nSPS) is 11.1. The zero-order valence-corrected chi connectivity index (χ0v) is 15.1. The molecule has 0 heterocycles. The summed E-state index contributed by atoms with van der Waals surface area (Å²) in [6.45, 7) is 8.32. The predicted molar refractivity (Wildman–Crippen MR) is 89.2 cm³/mol. The predicted octanol–water partition coefficient (Wildman–Crippen LogP) is 3.17. The van der Waals surface area contributed by atoms with E-state index < -0.39 is 16.6 Å². The number of hydrogen-bond acceptors (Lipinski definition) is 2. The second-order valence-electron chi connectivity index (χ2n) is 5.51. The van der Waals surface area contributed by atoms with Crippen LogP contribution < -0.4 is 0 Å². The molecule has 0 fully saturated rings. The molecule has 20 heavy (non-hydrogen) atoms. The lowest BCUT2D eigenvalue weighted by Gasteiger charge is -2.10. The van der Waals surface area contributed by atoms with Crippen molar-refractivity contribution in [1.29, 1.82) is 0 Å². The second kappa shape index (κ2) is 6.92. The van der Waals surface area contributed by atoms with Gasteiger partial charge in [0.1, 0.15) is 0 Å². The number of benzene rings is 1. The maximum atomic E-state index is 5.41. The Morgan fingerprint density at radius 1 is 0.700 bits per heavy atom. The van der Waals surface area contributed by atoms with Gasteiger partial charge in [-0.1, -0.05) is 22.9 Å². The second-order valence-corrected chi connectivity index (χ2v) is 12.9. The Morgan fingerprint density at radius 3 is 1.25 bits per heavy atom. The smallest absolute Gasteiger partial charge is 0.265 e. The molecule has 0 aliphatic heterocycles. The molecule has 106 valence electrons. The summed E-state index contributed by atoms with van der Waals surface area (Å²) in [7, 11) is -0.191. The molecule has 0 radical (unpaired) electrons. The van der Waals surface area contributed by atoms with E-state index in [9.17, 15) is 0 Å². The lowest BCUT2D eigenvalue weighted by Crippen LogP contribution is -2.26. The molecule has 1 aromatic carbocycles. The van der Waals surface area contributed by atoms with Crippen molar-refractivity contribution in [2.45, 2.75) is 26.2 Å². The van der Waals surface area contributed by atoms with Crippen molar-refractivity contribution in [1.82, 2.24) is 0 Å². The van der Waals surface area contributed by atoms with Crippen LogP contribution in [0.5, 0.6) is 0 Å². The minimum absolute atomic E-state index is 0.997. The van der Waals surface area contributed by atoms with Crippen molar-refractivity contribution in [2.75, 3.05) is 14.2 Å². The van der Waals surface area contributed by atoms with Crippen LogP contribution in [-0.4, -0.2) is 30.9 Å². The van der Waals surface area contributed by atoms with E-state index in [0.29, 0.717) is 0 Å². The Morgan fingerprint density at radius 2 is 1.00 bits per heavy atom. The van der Waals surface area contributed by atoms with Crippen molar-refractivity contribution in [3.8, 4) is 22.9 Å². The lowest BCUT2D eigenvalue weighted by molar-refractivity contribution is 0.417. The molecule has 0 saturated heterocycles. The van der Waals surface area contributed by atoms with Crippen LogP contribution in [0.3, 0.4) is 0 Å². The molecule has 0 spiro atoms. The van der Waals surface area contributed by atoms with E-state index in [1.807, 2.05) is 24.3 Å². The Bertz CT molecular complexity index is 513. The van der Waals surface area contributed by atoms with Crippen LogP contribution in [0.1, 0.15) is 11.1 Å². The Balaban J connectivity index is 2.85. The van der Waals surface area contributed by atoms with Gasteiger partial charge in [-0.3, -0.25) is 0 Å². The standard InChI is InChI=1S/C16H22O2Si2/c1-17-19(3,4)13-11-15-7-9-16(10-8-15)12-14-20(5,6)18-2/h7-10H,1-6H3.